The van der Waals surface area contributed by atoms with Crippen molar-refractivity contribution in [2.75, 3.05) is 17.2 Å². The maximum atomic E-state index is 5.79. The molecular formula is C13H21N5. The molecular weight excluding hydrogens is 226 g/mol. The van der Waals surface area contributed by atoms with Gasteiger partial charge in [0.05, 0.1) is 0 Å². The molecule has 5 nitrogen and oxygen atoms in total. The minimum Gasteiger partial charge on any atom is -0.368 e. The second-order valence-corrected chi connectivity index (χ2v) is 5.36. The molecule has 0 aromatic carbocycles. The van der Waals surface area contributed by atoms with Gasteiger partial charge < -0.3 is 10.6 Å². The van der Waals surface area contributed by atoms with Crippen LogP contribution in [-0.4, -0.2) is 27.5 Å². The molecule has 1 aromatic heterocycles. The number of nitrogens with two attached hydrogens (primary N) is 1. The molecule has 2 fully saturated rings. The average Bonchev–Trinajstić information content (AvgIpc) is 2.85. The molecule has 0 spiro atoms. The molecule has 2 atom stereocenters. The first-order valence-electron chi connectivity index (χ1n) is 7.05. The van der Waals surface area contributed by atoms with E-state index in [1.54, 1.807) is 0 Å². The highest BCUT2D eigenvalue weighted by atomic mass is 15.3. The first kappa shape index (κ1) is 11.7. The van der Waals surface area contributed by atoms with Crippen molar-refractivity contribution in [3.8, 4) is 0 Å². The van der Waals surface area contributed by atoms with Gasteiger partial charge in [-0.1, -0.05) is 13.3 Å². The van der Waals surface area contributed by atoms with Crippen LogP contribution in [0.3, 0.4) is 0 Å². The highest BCUT2D eigenvalue weighted by Gasteiger charge is 2.36. The summed E-state index contributed by atoms with van der Waals surface area (Å²) in [5.41, 5.74) is 5.79. The minimum absolute atomic E-state index is 0.358. The molecule has 1 aliphatic heterocycles. The van der Waals surface area contributed by atoms with E-state index < -0.39 is 0 Å². The zero-order valence-electron chi connectivity index (χ0n) is 11.0. The Morgan fingerprint density at radius 2 is 2.00 bits per heavy atom. The van der Waals surface area contributed by atoms with Crippen LogP contribution in [0, 0.1) is 5.92 Å². The van der Waals surface area contributed by atoms with E-state index in [0.29, 0.717) is 12.0 Å². The van der Waals surface area contributed by atoms with Gasteiger partial charge in [0.15, 0.2) is 0 Å². The van der Waals surface area contributed by atoms with E-state index in [-0.39, 0.29) is 0 Å². The fourth-order valence-electron chi connectivity index (χ4n) is 3.41. The zero-order chi connectivity index (χ0) is 12.5. The molecule has 2 N–H and O–H groups in total. The van der Waals surface area contributed by atoms with Crippen LogP contribution in [0.1, 0.15) is 44.9 Å². The molecule has 1 aliphatic carbocycles. The molecule has 0 bridgehead atoms. The Balaban J connectivity index is 1.90. The van der Waals surface area contributed by atoms with Crippen molar-refractivity contribution in [3.63, 3.8) is 0 Å². The minimum atomic E-state index is 0.358. The van der Waals surface area contributed by atoms with Crippen molar-refractivity contribution in [3.05, 3.63) is 5.82 Å². The number of piperidine rings is 1. The Bertz CT molecular complexity index is 433. The van der Waals surface area contributed by atoms with Crippen molar-refractivity contribution in [1.29, 1.82) is 0 Å². The van der Waals surface area contributed by atoms with Gasteiger partial charge in [0.25, 0.3) is 0 Å². The van der Waals surface area contributed by atoms with E-state index in [1.807, 2.05) is 6.92 Å². The summed E-state index contributed by atoms with van der Waals surface area (Å²) in [6, 6.07) is 0.630. The van der Waals surface area contributed by atoms with Gasteiger partial charge in [-0.25, -0.2) is 0 Å². The number of nitrogen functional groups attached to an aromatic ring is 1. The Hall–Kier alpha value is -1.39. The number of aromatic nitrogens is 3. The normalized spacial score (nSPS) is 27.3. The van der Waals surface area contributed by atoms with Crippen molar-refractivity contribution in [1.82, 2.24) is 15.0 Å². The van der Waals surface area contributed by atoms with E-state index in [4.69, 9.17) is 5.73 Å². The third-order valence-corrected chi connectivity index (χ3v) is 4.25. The molecule has 98 valence electrons. The van der Waals surface area contributed by atoms with Crippen LogP contribution in [0.4, 0.5) is 11.9 Å². The van der Waals surface area contributed by atoms with Gasteiger partial charge in [0.2, 0.25) is 11.9 Å². The topological polar surface area (TPSA) is 67.9 Å². The Labute approximate surface area is 108 Å². The molecule has 18 heavy (non-hydrogen) atoms. The van der Waals surface area contributed by atoms with Gasteiger partial charge in [-0.05, 0) is 31.6 Å². The summed E-state index contributed by atoms with van der Waals surface area (Å²) in [7, 11) is 0. The monoisotopic (exact) mass is 247 g/mol. The van der Waals surface area contributed by atoms with Gasteiger partial charge in [0.1, 0.15) is 5.82 Å². The molecule has 2 unspecified atom stereocenters. The predicted molar refractivity (Wildman–Crippen MR) is 71.3 cm³/mol. The summed E-state index contributed by atoms with van der Waals surface area (Å²) in [6.07, 6.45) is 7.39. The summed E-state index contributed by atoms with van der Waals surface area (Å²) in [5, 5.41) is 0. The Kier molecular flexibility index (Phi) is 3.06. The van der Waals surface area contributed by atoms with Crippen molar-refractivity contribution in [2.45, 2.75) is 51.5 Å². The van der Waals surface area contributed by atoms with Crippen LogP contribution in [0.2, 0.25) is 0 Å². The third-order valence-electron chi connectivity index (χ3n) is 4.25. The molecule has 3 rings (SSSR count). The lowest BCUT2D eigenvalue weighted by molar-refractivity contribution is 0.358. The molecule has 1 aromatic rings. The number of rotatable bonds is 2. The van der Waals surface area contributed by atoms with Crippen molar-refractivity contribution in [2.24, 2.45) is 5.92 Å². The SMILES string of the molecule is CCc1nc(N)nc(N2CCCC3CCCC32)n1. The van der Waals surface area contributed by atoms with Gasteiger partial charge in [-0.2, -0.15) is 15.0 Å². The van der Waals surface area contributed by atoms with Gasteiger partial charge in [-0.15, -0.1) is 0 Å². The average molecular weight is 247 g/mol. The molecule has 5 heteroatoms. The van der Waals surface area contributed by atoms with E-state index in [2.05, 4.69) is 19.9 Å². The van der Waals surface area contributed by atoms with E-state index in [9.17, 15) is 0 Å². The molecule has 1 saturated carbocycles. The van der Waals surface area contributed by atoms with Crippen LogP contribution in [0.25, 0.3) is 0 Å². The fourth-order valence-corrected chi connectivity index (χ4v) is 3.41. The van der Waals surface area contributed by atoms with Crippen LogP contribution in [-0.2, 0) is 6.42 Å². The number of hydrogen-bond donors (Lipinski definition) is 1. The quantitative estimate of drug-likeness (QED) is 0.863. The highest BCUT2D eigenvalue weighted by Crippen LogP contribution is 2.38. The number of anilines is 2. The summed E-state index contributed by atoms with van der Waals surface area (Å²) < 4.78 is 0. The first-order chi connectivity index (χ1) is 8.78. The summed E-state index contributed by atoms with van der Waals surface area (Å²) in [6.45, 7) is 3.11. The number of fused-ring (bicyclic) bond motifs is 1. The lowest BCUT2D eigenvalue weighted by Gasteiger charge is -2.37. The lowest BCUT2D eigenvalue weighted by Crippen LogP contribution is -2.43. The third kappa shape index (κ3) is 2.02. The highest BCUT2D eigenvalue weighted by molar-refractivity contribution is 5.37. The fraction of sp³-hybridized carbons (Fsp3) is 0.769. The molecule has 0 radical (unpaired) electrons. The summed E-state index contributed by atoms with van der Waals surface area (Å²) >= 11 is 0. The van der Waals surface area contributed by atoms with E-state index in [0.717, 1.165) is 30.7 Å². The summed E-state index contributed by atoms with van der Waals surface area (Å²) in [4.78, 5) is 15.4. The maximum absolute atomic E-state index is 5.79. The lowest BCUT2D eigenvalue weighted by atomic mass is 9.92. The van der Waals surface area contributed by atoms with E-state index >= 15 is 0 Å². The predicted octanol–water partition coefficient (Wildman–Crippen LogP) is 1.79. The molecule has 2 aliphatic rings. The van der Waals surface area contributed by atoms with E-state index in [1.165, 1.54) is 32.1 Å². The second kappa shape index (κ2) is 4.71. The van der Waals surface area contributed by atoms with Crippen LogP contribution in [0.5, 0.6) is 0 Å². The van der Waals surface area contributed by atoms with Crippen molar-refractivity contribution < 1.29 is 0 Å². The van der Waals surface area contributed by atoms with Gasteiger partial charge in [-0.3, -0.25) is 0 Å². The Morgan fingerprint density at radius 3 is 2.83 bits per heavy atom. The number of hydrogen-bond acceptors (Lipinski definition) is 5. The molecule has 0 amide bonds. The standard InChI is InChI=1S/C13H21N5/c1-2-11-15-12(14)17-13(16-11)18-8-4-6-9-5-3-7-10(9)18/h9-10H,2-8H2,1H3,(H2,14,15,16,17). The molecule has 1 saturated heterocycles. The first-order valence-corrected chi connectivity index (χ1v) is 7.05. The summed E-state index contributed by atoms with van der Waals surface area (Å²) in [5.74, 6) is 2.80. The van der Waals surface area contributed by atoms with Crippen LogP contribution < -0.4 is 10.6 Å². The zero-order valence-corrected chi connectivity index (χ0v) is 11.0. The number of aryl methyl sites for hydroxylation is 1. The largest absolute Gasteiger partial charge is 0.368 e. The van der Waals surface area contributed by atoms with Gasteiger partial charge >= 0.3 is 0 Å². The van der Waals surface area contributed by atoms with Crippen LogP contribution in [0.15, 0.2) is 0 Å². The second-order valence-electron chi connectivity index (χ2n) is 5.36. The molecule has 2 heterocycles. The van der Waals surface area contributed by atoms with Crippen molar-refractivity contribution >= 4 is 11.9 Å². The van der Waals surface area contributed by atoms with Crippen LogP contribution >= 0.6 is 0 Å². The smallest absolute Gasteiger partial charge is 0.230 e. The van der Waals surface area contributed by atoms with Gasteiger partial charge in [0, 0.05) is 19.0 Å². The number of nitrogens with zero attached hydrogens (tertiary/aromatic N) is 4. The maximum Gasteiger partial charge on any atom is 0.230 e. The Morgan fingerprint density at radius 1 is 1.17 bits per heavy atom.